The fourth-order valence-electron chi connectivity index (χ4n) is 0.893. The van der Waals surface area contributed by atoms with Gasteiger partial charge in [0.15, 0.2) is 5.69 Å². The number of hydrogen-bond donors (Lipinski definition) is 2. The first kappa shape index (κ1) is 9.44. The quantitative estimate of drug-likeness (QED) is 0.720. The molecule has 2 N–H and O–H groups in total. The normalized spacial score (nSPS) is 9.69. The van der Waals surface area contributed by atoms with E-state index in [1.807, 2.05) is 6.92 Å². The fourth-order valence-corrected chi connectivity index (χ4v) is 0.893. The summed E-state index contributed by atoms with van der Waals surface area (Å²) in [5, 5.41) is 11.5. The van der Waals surface area contributed by atoms with Crippen molar-refractivity contribution in [2.75, 3.05) is 12.4 Å². The number of nitrogens with one attached hydrogen (secondary N) is 1. The Morgan fingerprint density at radius 2 is 2.31 bits per heavy atom. The Hall–Kier alpha value is -1.65. The molecule has 70 valence electrons. The highest BCUT2D eigenvalue weighted by Gasteiger charge is 2.08. The molecule has 1 aromatic heterocycles. The van der Waals surface area contributed by atoms with Gasteiger partial charge in [0.2, 0.25) is 0 Å². The number of aryl methyl sites for hydroxylation is 1. The molecule has 0 atom stereocenters. The van der Waals surface area contributed by atoms with Crippen LogP contribution in [0.2, 0.25) is 0 Å². The van der Waals surface area contributed by atoms with Gasteiger partial charge in [0, 0.05) is 19.5 Å². The van der Waals surface area contributed by atoms with Gasteiger partial charge in [-0.3, -0.25) is 0 Å². The third kappa shape index (κ3) is 2.14. The van der Waals surface area contributed by atoms with E-state index in [0.29, 0.717) is 18.1 Å². The highest BCUT2D eigenvalue weighted by atomic mass is 16.4. The summed E-state index contributed by atoms with van der Waals surface area (Å²) in [4.78, 5) is 18.5. The van der Waals surface area contributed by atoms with Crippen LogP contribution < -0.4 is 5.32 Å². The van der Waals surface area contributed by atoms with Gasteiger partial charge in [0.1, 0.15) is 11.6 Å². The van der Waals surface area contributed by atoms with Crippen molar-refractivity contribution in [3.05, 3.63) is 17.6 Å². The molecule has 0 saturated heterocycles. The second-order valence-electron chi connectivity index (χ2n) is 2.46. The maximum absolute atomic E-state index is 10.6. The molecule has 0 aliphatic heterocycles. The lowest BCUT2D eigenvalue weighted by molar-refractivity contribution is 0.0690. The van der Waals surface area contributed by atoms with Gasteiger partial charge >= 0.3 is 5.97 Å². The van der Waals surface area contributed by atoms with Crippen LogP contribution in [0.15, 0.2) is 6.07 Å². The van der Waals surface area contributed by atoms with Gasteiger partial charge in [-0.25, -0.2) is 14.8 Å². The van der Waals surface area contributed by atoms with Crippen molar-refractivity contribution in [3.8, 4) is 0 Å². The van der Waals surface area contributed by atoms with E-state index in [-0.39, 0.29) is 5.69 Å². The average molecular weight is 181 g/mol. The predicted molar refractivity (Wildman–Crippen MR) is 47.9 cm³/mol. The lowest BCUT2D eigenvalue weighted by Crippen LogP contribution is -2.07. The average Bonchev–Trinajstić information content (AvgIpc) is 2.16. The zero-order valence-electron chi connectivity index (χ0n) is 7.53. The Morgan fingerprint density at radius 3 is 2.77 bits per heavy atom. The topological polar surface area (TPSA) is 75.1 Å². The number of carbonyl (C=O) groups is 1. The van der Waals surface area contributed by atoms with Crippen LogP contribution in [-0.2, 0) is 6.42 Å². The molecule has 1 aromatic rings. The molecule has 0 spiro atoms. The monoisotopic (exact) mass is 181 g/mol. The molecule has 13 heavy (non-hydrogen) atoms. The van der Waals surface area contributed by atoms with Gasteiger partial charge in [-0.2, -0.15) is 0 Å². The van der Waals surface area contributed by atoms with Crippen LogP contribution in [-0.4, -0.2) is 28.1 Å². The molecule has 0 unspecified atom stereocenters. The number of carboxylic acid groups (broad SMARTS) is 1. The maximum atomic E-state index is 10.6. The Labute approximate surface area is 75.8 Å². The summed E-state index contributed by atoms with van der Waals surface area (Å²) in [6.45, 7) is 1.88. The Kier molecular flexibility index (Phi) is 2.79. The van der Waals surface area contributed by atoms with Gasteiger partial charge in [0.05, 0.1) is 0 Å². The Bertz CT molecular complexity index is 303. The first-order chi connectivity index (χ1) is 6.17. The second kappa shape index (κ2) is 3.84. The molecule has 0 aliphatic rings. The Balaban J connectivity index is 3.14. The van der Waals surface area contributed by atoms with Gasteiger partial charge < -0.3 is 10.4 Å². The predicted octanol–water partition coefficient (Wildman–Crippen LogP) is 0.779. The maximum Gasteiger partial charge on any atom is 0.354 e. The van der Waals surface area contributed by atoms with Gasteiger partial charge in [-0.05, 0) is 0 Å². The molecule has 1 heterocycles. The smallest absolute Gasteiger partial charge is 0.354 e. The van der Waals surface area contributed by atoms with E-state index in [0.717, 1.165) is 0 Å². The SMILES string of the molecule is CCc1nc(NC)cc(C(=O)O)n1. The van der Waals surface area contributed by atoms with Crippen molar-refractivity contribution in [2.45, 2.75) is 13.3 Å². The number of aromatic nitrogens is 2. The van der Waals surface area contributed by atoms with Gasteiger partial charge in [-0.1, -0.05) is 6.92 Å². The molecule has 0 amide bonds. The lowest BCUT2D eigenvalue weighted by Gasteiger charge is -2.02. The van der Waals surface area contributed by atoms with Crippen LogP contribution in [0.4, 0.5) is 5.82 Å². The van der Waals surface area contributed by atoms with Gasteiger partial charge in [-0.15, -0.1) is 0 Å². The first-order valence-electron chi connectivity index (χ1n) is 3.96. The molecule has 0 radical (unpaired) electrons. The van der Waals surface area contributed by atoms with Crippen LogP contribution in [0, 0.1) is 0 Å². The molecular formula is C8H11N3O2. The van der Waals surface area contributed by atoms with Crippen molar-refractivity contribution < 1.29 is 9.90 Å². The third-order valence-electron chi connectivity index (χ3n) is 1.56. The molecule has 0 saturated carbocycles. The minimum Gasteiger partial charge on any atom is -0.477 e. The highest BCUT2D eigenvalue weighted by molar-refractivity contribution is 5.86. The minimum absolute atomic E-state index is 0.0243. The Morgan fingerprint density at radius 1 is 1.62 bits per heavy atom. The van der Waals surface area contributed by atoms with Crippen LogP contribution in [0.1, 0.15) is 23.2 Å². The highest BCUT2D eigenvalue weighted by Crippen LogP contribution is 2.06. The van der Waals surface area contributed by atoms with Crippen molar-refractivity contribution in [3.63, 3.8) is 0 Å². The van der Waals surface area contributed by atoms with E-state index in [1.54, 1.807) is 7.05 Å². The summed E-state index contributed by atoms with van der Waals surface area (Å²) < 4.78 is 0. The summed E-state index contributed by atoms with van der Waals surface area (Å²) in [5.41, 5.74) is 0.0243. The molecule has 0 fully saturated rings. The molecule has 5 nitrogen and oxygen atoms in total. The van der Waals surface area contributed by atoms with Crippen molar-refractivity contribution in [2.24, 2.45) is 0 Å². The van der Waals surface area contributed by atoms with E-state index in [9.17, 15) is 4.79 Å². The zero-order valence-corrected chi connectivity index (χ0v) is 7.53. The zero-order chi connectivity index (χ0) is 9.84. The van der Waals surface area contributed by atoms with Crippen LogP contribution in [0.25, 0.3) is 0 Å². The summed E-state index contributed by atoms with van der Waals surface area (Å²) in [6.07, 6.45) is 0.621. The van der Waals surface area contributed by atoms with E-state index < -0.39 is 5.97 Å². The lowest BCUT2D eigenvalue weighted by atomic mass is 10.3. The minimum atomic E-state index is -1.03. The number of anilines is 1. The van der Waals surface area contributed by atoms with E-state index in [2.05, 4.69) is 15.3 Å². The van der Waals surface area contributed by atoms with E-state index in [4.69, 9.17) is 5.11 Å². The summed E-state index contributed by atoms with van der Waals surface area (Å²) >= 11 is 0. The number of rotatable bonds is 3. The molecule has 0 aliphatic carbocycles. The number of aromatic carboxylic acids is 1. The fraction of sp³-hybridized carbons (Fsp3) is 0.375. The summed E-state index contributed by atoms with van der Waals surface area (Å²) in [6, 6.07) is 1.40. The largest absolute Gasteiger partial charge is 0.477 e. The first-order valence-corrected chi connectivity index (χ1v) is 3.96. The molecular weight excluding hydrogens is 170 g/mol. The number of carboxylic acids is 1. The second-order valence-corrected chi connectivity index (χ2v) is 2.46. The van der Waals surface area contributed by atoms with Crippen molar-refractivity contribution >= 4 is 11.8 Å². The van der Waals surface area contributed by atoms with Crippen molar-refractivity contribution in [1.82, 2.24) is 9.97 Å². The van der Waals surface area contributed by atoms with Gasteiger partial charge in [0.25, 0.3) is 0 Å². The van der Waals surface area contributed by atoms with E-state index in [1.165, 1.54) is 6.07 Å². The molecule has 1 rings (SSSR count). The van der Waals surface area contributed by atoms with E-state index >= 15 is 0 Å². The molecule has 0 aromatic carbocycles. The standard InChI is InChI=1S/C8H11N3O2/c1-3-6-10-5(8(12)13)4-7(9-2)11-6/h4H,3H2,1-2H3,(H,12,13)(H,9,10,11). The molecule has 0 bridgehead atoms. The third-order valence-corrected chi connectivity index (χ3v) is 1.56. The number of hydrogen-bond acceptors (Lipinski definition) is 4. The summed E-state index contributed by atoms with van der Waals surface area (Å²) in [5.74, 6) is 0.0297. The summed E-state index contributed by atoms with van der Waals surface area (Å²) in [7, 11) is 1.69. The number of nitrogens with zero attached hydrogens (tertiary/aromatic N) is 2. The van der Waals surface area contributed by atoms with Crippen LogP contribution >= 0.6 is 0 Å². The molecule has 5 heteroatoms. The van der Waals surface area contributed by atoms with Crippen LogP contribution in [0.3, 0.4) is 0 Å². The van der Waals surface area contributed by atoms with Crippen molar-refractivity contribution in [1.29, 1.82) is 0 Å². The van der Waals surface area contributed by atoms with Crippen LogP contribution in [0.5, 0.6) is 0 Å².